The Hall–Kier alpha value is -1.62. The highest BCUT2D eigenvalue weighted by Crippen LogP contribution is 2.25. The summed E-state index contributed by atoms with van der Waals surface area (Å²) in [5, 5.41) is 2.59. The van der Waals surface area contributed by atoms with Crippen LogP contribution < -0.4 is 15.8 Å². The molecule has 0 aliphatic heterocycles. The minimum absolute atomic E-state index is 0.320. The van der Waals surface area contributed by atoms with E-state index in [2.05, 4.69) is 5.32 Å². The quantitative estimate of drug-likeness (QED) is 0.826. The molecular formula is C12H17FN2O2. The predicted molar refractivity (Wildman–Crippen MR) is 64.5 cm³/mol. The number of ether oxygens (including phenoxy) is 1. The fourth-order valence-corrected chi connectivity index (χ4v) is 1.18. The molecule has 0 saturated carbocycles. The molecule has 0 aromatic heterocycles. The van der Waals surface area contributed by atoms with E-state index in [4.69, 9.17) is 10.5 Å². The number of rotatable bonds is 5. The second kappa shape index (κ2) is 6.20. The number of nitrogens with two attached hydrogens (primary N) is 1. The number of halogens is 1. The zero-order chi connectivity index (χ0) is 12.8. The molecule has 0 aliphatic carbocycles. The van der Waals surface area contributed by atoms with Crippen LogP contribution in [0.4, 0.5) is 10.1 Å². The Morgan fingerprint density at radius 1 is 1.59 bits per heavy atom. The molecule has 4 nitrogen and oxygen atoms in total. The zero-order valence-corrected chi connectivity index (χ0v) is 10.00. The maximum Gasteiger partial charge on any atom is 0.241 e. The summed E-state index contributed by atoms with van der Waals surface area (Å²) in [6, 6.07) is 3.34. The van der Waals surface area contributed by atoms with Crippen molar-refractivity contribution in [3.05, 3.63) is 24.0 Å². The molecule has 0 bridgehead atoms. The number of nitrogens with one attached hydrogen (secondary N) is 1. The number of carbonyl (C=O) groups is 1. The first-order chi connectivity index (χ1) is 8.04. The Morgan fingerprint density at radius 3 is 2.88 bits per heavy atom. The minimum atomic E-state index is -0.626. The molecule has 0 spiro atoms. The van der Waals surface area contributed by atoms with Gasteiger partial charge >= 0.3 is 0 Å². The molecule has 1 amide bonds. The number of amides is 1. The summed E-state index contributed by atoms with van der Waals surface area (Å²) in [5.74, 6) is -0.422. The number of carbonyl (C=O) groups excluding carboxylic acids is 1. The fourth-order valence-electron chi connectivity index (χ4n) is 1.18. The van der Waals surface area contributed by atoms with Crippen LogP contribution in [0, 0.1) is 5.82 Å². The maximum absolute atomic E-state index is 13.1. The van der Waals surface area contributed by atoms with Crippen molar-refractivity contribution in [1.82, 2.24) is 0 Å². The Bertz CT molecular complexity index is 394. The topological polar surface area (TPSA) is 64.3 Å². The highest BCUT2D eigenvalue weighted by atomic mass is 19.1. The minimum Gasteiger partial charge on any atom is -0.491 e. The van der Waals surface area contributed by atoms with Crippen molar-refractivity contribution in [1.29, 1.82) is 0 Å². The van der Waals surface area contributed by atoms with Gasteiger partial charge in [-0.15, -0.1) is 0 Å². The van der Waals surface area contributed by atoms with E-state index in [0.29, 0.717) is 18.0 Å². The summed E-state index contributed by atoms with van der Waals surface area (Å²) in [7, 11) is 0. The number of hydrogen-bond acceptors (Lipinski definition) is 3. The smallest absolute Gasteiger partial charge is 0.241 e. The van der Waals surface area contributed by atoms with Crippen molar-refractivity contribution in [3.63, 3.8) is 0 Å². The molecule has 1 aromatic carbocycles. The average Bonchev–Trinajstić information content (AvgIpc) is 2.29. The van der Waals surface area contributed by atoms with Gasteiger partial charge in [0.05, 0.1) is 18.3 Å². The van der Waals surface area contributed by atoms with Crippen molar-refractivity contribution in [2.45, 2.75) is 26.3 Å². The van der Waals surface area contributed by atoms with Crippen molar-refractivity contribution >= 4 is 11.6 Å². The van der Waals surface area contributed by atoms with Crippen LogP contribution in [0.2, 0.25) is 0 Å². The first-order valence-corrected chi connectivity index (χ1v) is 5.53. The Labute approximate surface area is 100.0 Å². The molecule has 5 heteroatoms. The van der Waals surface area contributed by atoms with Crippen LogP contribution in [0.15, 0.2) is 18.2 Å². The fraction of sp³-hybridized carbons (Fsp3) is 0.417. The van der Waals surface area contributed by atoms with Crippen molar-refractivity contribution in [3.8, 4) is 5.75 Å². The third-order valence-corrected chi connectivity index (χ3v) is 2.08. The van der Waals surface area contributed by atoms with Crippen LogP contribution in [-0.4, -0.2) is 18.6 Å². The van der Waals surface area contributed by atoms with Gasteiger partial charge in [0.2, 0.25) is 5.91 Å². The second-order valence-corrected chi connectivity index (χ2v) is 3.77. The third kappa shape index (κ3) is 4.03. The van der Waals surface area contributed by atoms with Crippen molar-refractivity contribution < 1.29 is 13.9 Å². The van der Waals surface area contributed by atoms with Gasteiger partial charge in [-0.05, 0) is 25.5 Å². The molecule has 0 fully saturated rings. The summed E-state index contributed by atoms with van der Waals surface area (Å²) in [6.07, 6.45) is 0.803. The lowest BCUT2D eigenvalue weighted by Gasteiger charge is -2.13. The molecule has 0 saturated heterocycles. The van der Waals surface area contributed by atoms with Crippen LogP contribution in [0.1, 0.15) is 20.3 Å². The average molecular weight is 240 g/mol. The van der Waals surface area contributed by atoms with Gasteiger partial charge < -0.3 is 15.8 Å². The van der Waals surface area contributed by atoms with Crippen LogP contribution in [-0.2, 0) is 4.79 Å². The van der Waals surface area contributed by atoms with Gasteiger partial charge in [0.15, 0.2) is 0 Å². The van der Waals surface area contributed by atoms with Gasteiger partial charge in [-0.25, -0.2) is 4.39 Å². The number of hydrogen-bond donors (Lipinski definition) is 2. The lowest BCUT2D eigenvalue weighted by Crippen LogP contribution is -2.32. The van der Waals surface area contributed by atoms with E-state index >= 15 is 0 Å². The standard InChI is InChI=1S/C12H17FN2O2/c1-3-6-17-11-7-9(13)4-5-10(11)15-12(16)8(2)14/h4-5,7-8H,3,6,14H2,1-2H3,(H,15,16)/t8-/m1/s1. The Kier molecular flexibility index (Phi) is 4.90. The van der Waals surface area contributed by atoms with E-state index in [9.17, 15) is 9.18 Å². The molecular weight excluding hydrogens is 223 g/mol. The first kappa shape index (κ1) is 13.4. The second-order valence-electron chi connectivity index (χ2n) is 3.77. The van der Waals surface area contributed by atoms with Gasteiger partial charge in [-0.2, -0.15) is 0 Å². The summed E-state index contributed by atoms with van der Waals surface area (Å²) < 4.78 is 18.4. The summed E-state index contributed by atoms with van der Waals surface area (Å²) in [5.41, 5.74) is 5.87. The molecule has 3 N–H and O–H groups in total. The summed E-state index contributed by atoms with van der Waals surface area (Å²) in [4.78, 5) is 11.4. The van der Waals surface area contributed by atoms with Crippen molar-refractivity contribution in [2.24, 2.45) is 5.73 Å². The zero-order valence-electron chi connectivity index (χ0n) is 10.00. The molecule has 0 unspecified atom stereocenters. The predicted octanol–water partition coefficient (Wildman–Crippen LogP) is 1.90. The van der Waals surface area contributed by atoms with E-state index in [1.807, 2.05) is 6.92 Å². The molecule has 1 aromatic rings. The summed E-state index contributed by atoms with van der Waals surface area (Å²) in [6.45, 7) is 3.98. The van der Waals surface area contributed by atoms with Gasteiger partial charge in [0.1, 0.15) is 11.6 Å². The van der Waals surface area contributed by atoms with Gasteiger partial charge in [0.25, 0.3) is 0 Å². The van der Waals surface area contributed by atoms with E-state index < -0.39 is 11.9 Å². The van der Waals surface area contributed by atoms with Crippen LogP contribution in [0.25, 0.3) is 0 Å². The highest BCUT2D eigenvalue weighted by molar-refractivity contribution is 5.95. The van der Waals surface area contributed by atoms with Crippen LogP contribution >= 0.6 is 0 Å². The van der Waals surface area contributed by atoms with E-state index in [1.54, 1.807) is 6.92 Å². The van der Waals surface area contributed by atoms with E-state index in [1.165, 1.54) is 18.2 Å². The maximum atomic E-state index is 13.1. The molecule has 17 heavy (non-hydrogen) atoms. The number of anilines is 1. The number of benzene rings is 1. The molecule has 0 radical (unpaired) electrons. The first-order valence-electron chi connectivity index (χ1n) is 5.53. The molecule has 0 heterocycles. The molecule has 1 rings (SSSR count). The summed E-state index contributed by atoms with van der Waals surface area (Å²) >= 11 is 0. The third-order valence-electron chi connectivity index (χ3n) is 2.08. The van der Waals surface area contributed by atoms with Gasteiger partial charge in [0, 0.05) is 6.07 Å². The van der Waals surface area contributed by atoms with Gasteiger partial charge in [-0.1, -0.05) is 6.92 Å². The van der Waals surface area contributed by atoms with Crippen molar-refractivity contribution in [2.75, 3.05) is 11.9 Å². The molecule has 0 aliphatic rings. The Balaban J connectivity index is 2.85. The molecule has 94 valence electrons. The SMILES string of the molecule is CCCOc1cc(F)ccc1NC(=O)[C@@H](C)N. The lowest BCUT2D eigenvalue weighted by atomic mass is 10.2. The van der Waals surface area contributed by atoms with Gasteiger partial charge in [-0.3, -0.25) is 4.79 Å². The van der Waals surface area contributed by atoms with E-state index in [0.717, 1.165) is 6.42 Å². The molecule has 1 atom stereocenters. The van der Waals surface area contributed by atoms with E-state index in [-0.39, 0.29) is 5.91 Å². The van der Waals surface area contributed by atoms with Crippen LogP contribution in [0.5, 0.6) is 5.75 Å². The van der Waals surface area contributed by atoms with Crippen LogP contribution in [0.3, 0.4) is 0 Å². The lowest BCUT2D eigenvalue weighted by molar-refractivity contribution is -0.117. The largest absolute Gasteiger partial charge is 0.491 e. The Morgan fingerprint density at radius 2 is 2.29 bits per heavy atom. The normalized spacial score (nSPS) is 12.0. The monoisotopic (exact) mass is 240 g/mol. The highest BCUT2D eigenvalue weighted by Gasteiger charge is 2.11.